The number of halogens is 2. The lowest BCUT2D eigenvalue weighted by molar-refractivity contribution is 0.712. The van der Waals surface area contributed by atoms with Crippen molar-refractivity contribution in [2.45, 2.75) is 62.7 Å². The summed E-state index contributed by atoms with van der Waals surface area (Å²) < 4.78 is 0. The summed E-state index contributed by atoms with van der Waals surface area (Å²) >= 11 is 6.04. The van der Waals surface area contributed by atoms with E-state index >= 15 is 0 Å². The summed E-state index contributed by atoms with van der Waals surface area (Å²) in [5.41, 5.74) is 0. The van der Waals surface area contributed by atoms with Crippen LogP contribution in [0.5, 0.6) is 0 Å². The standard InChI is InChI=1S/C10H20I2Si2/c11-13(7-3-1-4-8-13)14(12)9-5-2-6-10-14/h1-10H2. The monoisotopic (exact) mass is 450 g/mol. The molecule has 0 saturated carbocycles. The van der Waals surface area contributed by atoms with E-state index < -0.39 is 10.2 Å². The average Bonchev–Trinajstić information content (AvgIpc) is 2.20. The minimum absolute atomic E-state index is 0.764. The van der Waals surface area contributed by atoms with E-state index in [9.17, 15) is 0 Å². The molecule has 2 fully saturated rings. The zero-order valence-electron chi connectivity index (χ0n) is 8.83. The van der Waals surface area contributed by atoms with E-state index in [1.54, 1.807) is 62.7 Å². The molecule has 2 saturated heterocycles. The van der Waals surface area contributed by atoms with Gasteiger partial charge in [0.1, 0.15) is 10.2 Å². The Kier molecular flexibility index (Phi) is 4.44. The highest BCUT2D eigenvalue weighted by atomic mass is 127. The second-order valence-electron chi connectivity index (χ2n) is 5.05. The lowest BCUT2D eigenvalue weighted by Crippen LogP contribution is -2.55. The molecule has 2 heterocycles. The predicted molar refractivity (Wildman–Crippen MR) is 86.5 cm³/mol. The Balaban J connectivity index is 2.09. The van der Waals surface area contributed by atoms with Gasteiger partial charge in [-0.2, -0.15) is 0 Å². The molecular weight excluding hydrogens is 430 g/mol. The van der Waals surface area contributed by atoms with Gasteiger partial charge in [-0.1, -0.05) is 38.5 Å². The van der Waals surface area contributed by atoms with Crippen LogP contribution in [0.15, 0.2) is 0 Å². The van der Waals surface area contributed by atoms with Gasteiger partial charge in [-0.3, -0.25) is 0 Å². The fraction of sp³-hybridized carbons (Fsp3) is 1.00. The van der Waals surface area contributed by atoms with E-state index in [1.807, 2.05) is 0 Å². The molecule has 14 heavy (non-hydrogen) atoms. The van der Waals surface area contributed by atoms with Crippen molar-refractivity contribution in [1.29, 1.82) is 0 Å². The minimum atomic E-state index is -0.764. The Bertz CT molecular complexity index is 174. The lowest BCUT2D eigenvalue weighted by Gasteiger charge is -2.44. The summed E-state index contributed by atoms with van der Waals surface area (Å²) in [5.74, 6) is 0. The molecule has 82 valence electrons. The predicted octanol–water partition coefficient (Wildman–Crippen LogP) is 5.19. The van der Waals surface area contributed by atoms with Crippen LogP contribution in [-0.4, -0.2) is 10.2 Å². The van der Waals surface area contributed by atoms with Gasteiger partial charge in [-0.15, -0.1) is 43.6 Å². The highest BCUT2D eigenvalue weighted by molar-refractivity contribution is 14.2. The van der Waals surface area contributed by atoms with Crippen LogP contribution in [0, 0.1) is 0 Å². The summed E-state index contributed by atoms with van der Waals surface area (Å²) in [5, 5.41) is -1.53. The Hall–Kier alpha value is 1.89. The van der Waals surface area contributed by atoms with Crippen LogP contribution in [0.4, 0.5) is 0 Å². The molecule has 0 spiro atoms. The Labute approximate surface area is 115 Å². The molecule has 4 heteroatoms. The second-order valence-corrected chi connectivity index (χ2v) is 35.2. The zero-order chi connectivity index (χ0) is 10.1. The first-order valence-corrected chi connectivity index (χ1v) is 18.1. The van der Waals surface area contributed by atoms with Gasteiger partial charge in [-0.05, 0) is 24.2 Å². The van der Waals surface area contributed by atoms with Gasteiger partial charge < -0.3 is 0 Å². The van der Waals surface area contributed by atoms with E-state index in [0.717, 1.165) is 0 Å². The van der Waals surface area contributed by atoms with Crippen molar-refractivity contribution in [3.05, 3.63) is 0 Å². The van der Waals surface area contributed by atoms with Crippen molar-refractivity contribution >= 4 is 53.8 Å². The summed E-state index contributed by atoms with van der Waals surface area (Å²) in [7, 11) is 0. The molecule has 2 aliphatic rings. The van der Waals surface area contributed by atoms with Crippen LogP contribution in [0.2, 0.25) is 24.2 Å². The van der Waals surface area contributed by atoms with Gasteiger partial charge in [0.15, 0.2) is 0 Å². The molecule has 0 radical (unpaired) electrons. The van der Waals surface area contributed by atoms with E-state index in [2.05, 4.69) is 43.6 Å². The largest absolute Gasteiger partial charge is 0.129 e. The highest BCUT2D eigenvalue weighted by Gasteiger charge is 2.52. The topological polar surface area (TPSA) is 0 Å². The van der Waals surface area contributed by atoms with Crippen LogP contribution in [-0.2, 0) is 0 Å². The van der Waals surface area contributed by atoms with Crippen LogP contribution in [0.3, 0.4) is 0 Å². The van der Waals surface area contributed by atoms with E-state index in [-0.39, 0.29) is 0 Å². The molecule has 0 N–H and O–H groups in total. The van der Waals surface area contributed by atoms with Crippen molar-refractivity contribution in [3.8, 4) is 0 Å². The number of rotatable bonds is 1. The van der Waals surface area contributed by atoms with E-state index in [1.165, 1.54) is 0 Å². The summed E-state index contributed by atoms with van der Waals surface area (Å²) in [6.45, 7) is 0. The third-order valence-electron chi connectivity index (χ3n) is 4.10. The first-order valence-electron chi connectivity index (χ1n) is 6.04. The molecule has 0 aromatic carbocycles. The molecule has 0 aliphatic carbocycles. The Morgan fingerprint density at radius 3 is 1.07 bits per heavy atom. The minimum Gasteiger partial charge on any atom is -0.121 e. The molecular formula is C10H20I2Si2. The molecule has 0 unspecified atom stereocenters. The fourth-order valence-corrected chi connectivity index (χ4v) is 30.4. The van der Waals surface area contributed by atoms with Crippen molar-refractivity contribution in [2.75, 3.05) is 0 Å². The lowest BCUT2D eigenvalue weighted by atomic mass is 10.3. The maximum Gasteiger partial charge on any atom is 0.129 e. The quantitative estimate of drug-likeness (QED) is 0.293. The van der Waals surface area contributed by atoms with Crippen molar-refractivity contribution in [2.24, 2.45) is 0 Å². The first-order chi connectivity index (χ1) is 6.66. The summed E-state index contributed by atoms with van der Waals surface area (Å²) in [6.07, 6.45) is 9.39. The number of hydrogen-bond acceptors (Lipinski definition) is 0. The fourth-order valence-electron chi connectivity index (χ4n) is 3.12. The molecule has 0 bridgehead atoms. The van der Waals surface area contributed by atoms with Crippen LogP contribution >= 0.6 is 43.6 Å². The molecule has 0 nitrogen and oxygen atoms in total. The van der Waals surface area contributed by atoms with Gasteiger partial charge >= 0.3 is 0 Å². The van der Waals surface area contributed by atoms with E-state index in [0.29, 0.717) is 0 Å². The van der Waals surface area contributed by atoms with E-state index in [4.69, 9.17) is 0 Å². The van der Waals surface area contributed by atoms with Crippen LogP contribution in [0.25, 0.3) is 0 Å². The highest BCUT2D eigenvalue weighted by Crippen LogP contribution is 2.50. The third kappa shape index (κ3) is 2.42. The summed E-state index contributed by atoms with van der Waals surface area (Å²) in [4.78, 5) is 0. The molecule has 0 aromatic rings. The second kappa shape index (κ2) is 5.04. The Morgan fingerprint density at radius 1 is 0.500 bits per heavy atom. The van der Waals surface area contributed by atoms with Gasteiger partial charge in [0.25, 0.3) is 0 Å². The van der Waals surface area contributed by atoms with Gasteiger partial charge in [0, 0.05) is 0 Å². The Morgan fingerprint density at radius 2 is 0.786 bits per heavy atom. The molecule has 0 aromatic heterocycles. The maximum absolute atomic E-state index is 3.02. The van der Waals surface area contributed by atoms with Crippen molar-refractivity contribution in [3.63, 3.8) is 0 Å². The molecule has 2 aliphatic heterocycles. The average molecular weight is 450 g/mol. The van der Waals surface area contributed by atoms with Gasteiger partial charge in [-0.25, -0.2) is 0 Å². The van der Waals surface area contributed by atoms with Crippen LogP contribution in [0.1, 0.15) is 38.5 Å². The normalized spacial score (nSPS) is 31.3. The first kappa shape index (κ1) is 12.4. The smallest absolute Gasteiger partial charge is 0.121 e. The van der Waals surface area contributed by atoms with Crippen molar-refractivity contribution in [1.82, 2.24) is 0 Å². The number of hydrogen-bond donors (Lipinski definition) is 0. The van der Waals surface area contributed by atoms with Gasteiger partial charge in [0.05, 0.1) is 0 Å². The maximum atomic E-state index is 3.02. The van der Waals surface area contributed by atoms with Gasteiger partial charge in [0.2, 0.25) is 0 Å². The van der Waals surface area contributed by atoms with Crippen molar-refractivity contribution < 1.29 is 0 Å². The molecule has 0 atom stereocenters. The SMILES string of the molecule is I[Si]1([Si]2(I)CCCCC2)CCCCC1. The zero-order valence-corrected chi connectivity index (χ0v) is 15.1. The molecule has 2 rings (SSSR count). The third-order valence-corrected chi connectivity index (χ3v) is 52.4. The summed E-state index contributed by atoms with van der Waals surface area (Å²) in [6, 6.07) is 6.73. The molecule has 0 amide bonds. The van der Waals surface area contributed by atoms with Crippen LogP contribution < -0.4 is 0 Å².